The van der Waals surface area contributed by atoms with Crippen molar-refractivity contribution in [2.75, 3.05) is 26.4 Å². The molecule has 2 N–H and O–H groups in total. The predicted octanol–water partition coefficient (Wildman–Crippen LogP) is 3.19. The standard InChI is InChI=1S/C22H22BrNO5/c1-14-2-4-15(5-3-14)19-18(20(26)16-6-8-17(23)9-7-16)21(27)22(28)24(19)10-12-29-13-11-25/h2-9,19,25-26H,10-13H2,1H3/t19-/m0/s1. The van der Waals surface area contributed by atoms with Crippen LogP contribution in [-0.4, -0.2) is 53.2 Å². The van der Waals surface area contributed by atoms with Gasteiger partial charge in [0.05, 0.1) is 31.4 Å². The van der Waals surface area contributed by atoms with Crippen molar-refractivity contribution in [3.63, 3.8) is 0 Å². The molecule has 1 saturated heterocycles. The monoisotopic (exact) mass is 459 g/mol. The average Bonchev–Trinajstić information content (AvgIpc) is 2.96. The fourth-order valence-electron chi connectivity index (χ4n) is 3.30. The van der Waals surface area contributed by atoms with Gasteiger partial charge in [-0.3, -0.25) is 9.59 Å². The van der Waals surface area contributed by atoms with Crippen LogP contribution >= 0.6 is 15.9 Å². The number of hydrogen-bond donors (Lipinski definition) is 2. The highest BCUT2D eigenvalue weighted by Gasteiger charge is 2.45. The summed E-state index contributed by atoms with van der Waals surface area (Å²) in [5.74, 6) is -1.61. The number of aliphatic hydroxyl groups excluding tert-OH is 2. The lowest BCUT2D eigenvalue weighted by Gasteiger charge is -2.25. The highest BCUT2D eigenvalue weighted by atomic mass is 79.9. The maximum atomic E-state index is 12.8. The molecule has 3 rings (SSSR count). The lowest BCUT2D eigenvalue weighted by atomic mass is 9.95. The van der Waals surface area contributed by atoms with E-state index in [9.17, 15) is 14.7 Å². The van der Waals surface area contributed by atoms with E-state index in [0.29, 0.717) is 5.56 Å². The zero-order valence-corrected chi connectivity index (χ0v) is 17.6. The van der Waals surface area contributed by atoms with Gasteiger partial charge in [0, 0.05) is 16.6 Å². The van der Waals surface area contributed by atoms with Crippen molar-refractivity contribution in [2.45, 2.75) is 13.0 Å². The van der Waals surface area contributed by atoms with Crippen LogP contribution in [0.3, 0.4) is 0 Å². The van der Waals surface area contributed by atoms with Crippen molar-refractivity contribution in [3.8, 4) is 0 Å². The Morgan fingerprint density at radius 3 is 2.34 bits per heavy atom. The first-order valence-corrected chi connectivity index (χ1v) is 10.0. The van der Waals surface area contributed by atoms with Gasteiger partial charge in [0.25, 0.3) is 11.7 Å². The van der Waals surface area contributed by atoms with Crippen LogP contribution in [0.4, 0.5) is 0 Å². The number of ether oxygens (including phenoxy) is 1. The van der Waals surface area contributed by atoms with Crippen molar-refractivity contribution < 1.29 is 24.5 Å². The number of aryl methyl sites for hydroxylation is 1. The van der Waals surface area contributed by atoms with E-state index in [1.165, 1.54) is 4.90 Å². The molecule has 1 atom stereocenters. The van der Waals surface area contributed by atoms with Crippen LogP contribution in [0, 0.1) is 6.92 Å². The van der Waals surface area contributed by atoms with Gasteiger partial charge < -0.3 is 19.8 Å². The summed E-state index contributed by atoms with van der Waals surface area (Å²) < 4.78 is 6.12. The molecule has 0 spiro atoms. The first-order valence-electron chi connectivity index (χ1n) is 9.23. The second-order valence-electron chi connectivity index (χ2n) is 6.75. The van der Waals surface area contributed by atoms with Gasteiger partial charge in [-0.25, -0.2) is 0 Å². The number of amides is 1. The van der Waals surface area contributed by atoms with Crippen LogP contribution < -0.4 is 0 Å². The number of Topliss-reactive ketones (excluding diaryl/α,β-unsaturated/α-hetero) is 1. The number of ketones is 1. The van der Waals surface area contributed by atoms with Gasteiger partial charge in [-0.1, -0.05) is 57.9 Å². The van der Waals surface area contributed by atoms with Gasteiger partial charge >= 0.3 is 0 Å². The summed E-state index contributed by atoms with van der Waals surface area (Å²) in [6.45, 7) is 2.32. The Morgan fingerprint density at radius 1 is 1.07 bits per heavy atom. The molecular weight excluding hydrogens is 438 g/mol. The summed E-state index contributed by atoms with van der Waals surface area (Å²) in [6, 6.07) is 13.7. The number of halogens is 1. The van der Waals surface area contributed by atoms with Crippen molar-refractivity contribution >= 4 is 33.4 Å². The molecule has 29 heavy (non-hydrogen) atoms. The quantitative estimate of drug-likeness (QED) is 0.287. The molecule has 7 heteroatoms. The molecule has 0 aromatic heterocycles. The third-order valence-electron chi connectivity index (χ3n) is 4.76. The van der Waals surface area contributed by atoms with Gasteiger partial charge in [0.2, 0.25) is 0 Å². The largest absolute Gasteiger partial charge is 0.507 e. The fourth-order valence-corrected chi connectivity index (χ4v) is 3.56. The van der Waals surface area contributed by atoms with Crippen molar-refractivity contribution in [2.24, 2.45) is 0 Å². The minimum atomic E-state index is -0.724. The Balaban J connectivity index is 2.05. The van der Waals surface area contributed by atoms with Gasteiger partial charge in [0.15, 0.2) is 0 Å². The molecule has 0 bridgehead atoms. The smallest absolute Gasteiger partial charge is 0.295 e. The number of likely N-dealkylation sites (tertiary alicyclic amines) is 1. The molecule has 152 valence electrons. The number of nitrogens with zero attached hydrogens (tertiary/aromatic N) is 1. The Morgan fingerprint density at radius 2 is 1.72 bits per heavy atom. The number of hydrogen-bond acceptors (Lipinski definition) is 5. The highest BCUT2D eigenvalue weighted by Crippen LogP contribution is 2.39. The number of carbonyl (C=O) groups excluding carboxylic acids is 2. The Bertz CT molecular complexity index is 921. The van der Waals surface area contributed by atoms with Crippen LogP contribution in [-0.2, 0) is 14.3 Å². The van der Waals surface area contributed by atoms with E-state index >= 15 is 0 Å². The van der Waals surface area contributed by atoms with Crippen molar-refractivity contribution in [1.82, 2.24) is 4.90 Å². The molecule has 0 aliphatic carbocycles. The highest BCUT2D eigenvalue weighted by molar-refractivity contribution is 9.10. The number of rotatable bonds is 7. The molecule has 0 unspecified atom stereocenters. The van der Waals surface area contributed by atoms with Crippen LogP contribution in [0.25, 0.3) is 5.76 Å². The van der Waals surface area contributed by atoms with E-state index in [2.05, 4.69) is 15.9 Å². The Kier molecular flexibility index (Phi) is 6.84. The molecule has 1 fully saturated rings. The van der Waals surface area contributed by atoms with E-state index in [1.807, 2.05) is 31.2 Å². The molecule has 2 aromatic carbocycles. The predicted molar refractivity (Wildman–Crippen MR) is 112 cm³/mol. The Hall–Kier alpha value is -2.48. The molecule has 2 aromatic rings. The summed E-state index contributed by atoms with van der Waals surface area (Å²) in [5.41, 5.74) is 2.30. The topological polar surface area (TPSA) is 87.1 Å². The molecule has 0 saturated carbocycles. The van der Waals surface area contributed by atoms with E-state index in [-0.39, 0.29) is 37.7 Å². The van der Waals surface area contributed by atoms with Gasteiger partial charge in [0.1, 0.15) is 5.76 Å². The Labute approximate surface area is 177 Å². The molecule has 1 heterocycles. The van der Waals surface area contributed by atoms with E-state index in [1.54, 1.807) is 24.3 Å². The summed E-state index contributed by atoms with van der Waals surface area (Å²) in [7, 11) is 0. The lowest BCUT2D eigenvalue weighted by Crippen LogP contribution is -2.33. The van der Waals surface area contributed by atoms with Gasteiger partial charge in [-0.05, 0) is 24.6 Å². The summed E-state index contributed by atoms with van der Waals surface area (Å²) in [6.07, 6.45) is 0. The van der Waals surface area contributed by atoms with Crippen molar-refractivity contribution in [3.05, 3.63) is 75.3 Å². The van der Waals surface area contributed by atoms with Crippen LogP contribution in [0.1, 0.15) is 22.7 Å². The minimum Gasteiger partial charge on any atom is -0.507 e. The van der Waals surface area contributed by atoms with Crippen LogP contribution in [0.5, 0.6) is 0 Å². The van der Waals surface area contributed by atoms with Crippen LogP contribution in [0.2, 0.25) is 0 Å². The molecule has 1 aliphatic heterocycles. The van der Waals surface area contributed by atoms with E-state index in [4.69, 9.17) is 9.84 Å². The minimum absolute atomic E-state index is 0.0586. The first-order chi connectivity index (χ1) is 13.9. The number of aliphatic hydroxyl groups is 2. The third kappa shape index (κ3) is 4.58. The summed E-state index contributed by atoms with van der Waals surface area (Å²) in [4.78, 5) is 27.0. The number of carbonyl (C=O) groups is 2. The molecular formula is C22H22BrNO5. The maximum Gasteiger partial charge on any atom is 0.295 e. The average molecular weight is 460 g/mol. The zero-order valence-electron chi connectivity index (χ0n) is 16.0. The number of benzene rings is 2. The molecule has 0 radical (unpaired) electrons. The first kappa shape index (κ1) is 21.2. The molecule has 6 nitrogen and oxygen atoms in total. The second-order valence-corrected chi connectivity index (χ2v) is 7.66. The SMILES string of the molecule is Cc1ccc([C@H]2C(=C(O)c3ccc(Br)cc3)C(=O)C(=O)N2CCOCCO)cc1. The summed E-state index contributed by atoms with van der Waals surface area (Å²) in [5, 5.41) is 19.8. The zero-order chi connectivity index (χ0) is 21.0. The lowest BCUT2D eigenvalue weighted by molar-refractivity contribution is -0.140. The summed E-state index contributed by atoms with van der Waals surface area (Å²) >= 11 is 3.35. The van der Waals surface area contributed by atoms with E-state index in [0.717, 1.165) is 15.6 Å². The van der Waals surface area contributed by atoms with Crippen LogP contribution in [0.15, 0.2) is 58.6 Å². The van der Waals surface area contributed by atoms with Gasteiger partial charge in [-0.15, -0.1) is 0 Å². The molecule has 1 aliphatic rings. The molecule has 1 amide bonds. The fraction of sp³-hybridized carbons (Fsp3) is 0.273. The van der Waals surface area contributed by atoms with Crippen molar-refractivity contribution in [1.29, 1.82) is 0 Å². The van der Waals surface area contributed by atoms with Gasteiger partial charge in [-0.2, -0.15) is 0 Å². The maximum absolute atomic E-state index is 12.8. The normalized spacial score (nSPS) is 18.4. The van der Waals surface area contributed by atoms with E-state index < -0.39 is 17.7 Å². The second kappa shape index (κ2) is 9.35. The third-order valence-corrected chi connectivity index (χ3v) is 5.29.